The molecule has 2 N–H and O–H groups in total. The van der Waals surface area contributed by atoms with Gasteiger partial charge in [0, 0.05) is 50.9 Å². The van der Waals surface area contributed by atoms with Crippen LogP contribution in [0.25, 0.3) is 11.6 Å². The van der Waals surface area contributed by atoms with Crippen molar-refractivity contribution in [1.82, 2.24) is 24.8 Å². The van der Waals surface area contributed by atoms with Crippen LogP contribution < -0.4 is 5.32 Å². The highest BCUT2D eigenvalue weighted by Crippen LogP contribution is 2.38. The van der Waals surface area contributed by atoms with Gasteiger partial charge in [0.1, 0.15) is 17.5 Å². The lowest BCUT2D eigenvalue weighted by Crippen LogP contribution is -2.48. The molecule has 1 unspecified atom stereocenters. The minimum absolute atomic E-state index is 0.200. The van der Waals surface area contributed by atoms with Gasteiger partial charge < -0.3 is 24.6 Å². The zero-order valence-corrected chi connectivity index (χ0v) is 23.4. The fraction of sp³-hybridized carbons (Fsp3) is 0.414. The van der Waals surface area contributed by atoms with Crippen LogP contribution in [-0.2, 0) is 18.2 Å². The second-order valence-corrected chi connectivity index (χ2v) is 11.0. The minimum Gasteiger partial charge on any atom is -0.444 e. The molecule has 1 amide bonds. The first kappa shape index (κ1) is 27.8. The number of aromatic nitrogens is 3. The highest BCUT2D eigenvalue weighted by Gasteiger charge is 2.25. The van der Waals surface area contributed by atoms with Gasteiger partial charge in [0.25, 0.3) is 0 Å². The molecule has 1 atom stereocenters. The largest absolute Gasteiger partial charge is 0.444 e. The number of halogens is 1. The summed E-state index contributed by atoms with van der Waals surface area (Å²) in [6, 6.07) is 9.75. The standard InChI is InChI=1S/C20H18ClN3O.C9H18N2O2/c1-12-23-11-19(24(12)2)20(25)17-8-14-4-3-7-22-18(14)9-13-5-6-15(21)10-16(13)17;1-9(2,3)13-8(12)11-6-4-10-5-7-11/h3-8,10-11,20,25H,9H2,1-2H3;10H,4-7H2,1-3H3. The zero-order chi connectivity index (χ0) is 27.4. The first-order valence-electron chi connectivity index (χ1n) is 12.8. The van der Waals surface area contributed by atoms with E-state index in [0.29, 0.717) is 11.4 Å². The Kier molecular flexibility index (Phi) is 8.55. The molecule has 9 heteroatoms. The summed E-state index contributed by atoms with van der Waals surface area (Å²) in [5.74, 6) is 0.858. The van der Waals surface area contributed by atoms with Gasteiger partial charge in [-0.2, -0.15) is 0 Å². The molecule has 0 spiro atoms. The van der Waals surface area contributed by atoms with Gasteiger partial charge in [0.2, 0.25) is 0 Å². The maximum atomic E-state index is 11.5. The van der Waals surface area contributed by atoms with E-state index >= 15 is 0 Å². The van der Waals surface area contributed by atoms with Gasteiger partial charge in [0.15, 0.2) is 0 Å². The van der Waals surface area contributed by atoms with Gasteiger partial charge in [-0.05, 0) is 74.2 Å². The SMILES string of the molecule is CC(C)(C)OC(=O)N1CCNCC1.Cc1ncc(C(O)C2=Cc3cccnc3Cc3ccc(Cl)cc32)n1C. The molecule has 1 aliphatic carbocycles. The summed E-state index contributed by atoms with van der Waals surface area (Å²) < 4.78 is 7.14. The molecule has 1 saturated heterocycles. The predicted molar refractivity (Wildman–Crippen MR) is 150 cm³/mol. The van der Waals surface area contributed by atoms with Gasteiger partial charge in [-0.1, -0.05) is 23.7 Å². The minimum atomic E-state index is -0.797. The molecule has 1 fully saturated rings. The number of piperazine rings is 1. The van der Waals surface area contributed by atoms with E-state index < -0.39 is 6.10 Å². The van der Waals surface area contributed by atoms with Crippen LogP contribution in [0.4, 0.5) is 4.79 Å². The molecule has 3 aromatic rings. The summed E-state index contributed by atoms with van der Waals surface area (Å²) in [5, 5.41) is 15.0. The third-order valence-corrected chi connectivity index (χ3v) is 6.81. The van der Waals surface area contributed by atoms with Crippen LogP contribution >= 0.6 is 11.6 Å². The van der Waals surface area contributed by atoms with Crippen LogP contribution in [0.2, 0.25) is 5.02 Å². The number of nitrogens with one attached hydrogen (secondary N) is 1. The van der Waals surface area contributed by atoms with Gasteiger partial charge in [-0.3, -0.25) is 4.98 Å². The summed E-state index contributed by atoms with van der Waals surface area (Å²) in [7, 11) is 1.91. The van der Waals surface area contributed by atoms with Gasteiger partial charge in [-0.15, -0.1) is 0 Å². The molecule has 0 bridgehead atoms. The average molecular weight is 538 g/mol. The van der Waals surface area contributed by atoms with E-state index in [1.54, 1.807) is 17.3 Å². The van der Waals surface area contributed by atoms with Crippen molar-refractivity contribution in [1.29, 1.82) is 0 Å². The number of carbonyl (C=O) groups excluding carboxylic acids is 1. The maximum Gasteiger partial charge on any atom is 0.410 e. The maximum absolute atomic E-state index is 11.5. The van der Waals surface area contributed by atoms with E-state index in [-0.39, 0.29) is 11.7 Å². The van der Waals surface area contributed by atoms with Crippen molar-refractivity contribution < 1.29 is 14.6 Å². The summed E-state index contributed by atoms with van der Waals surface area (Å²) in [4.78, 5) is 22.1. The molecule has 38 heavy (non-hydrogen) atoms. The van der Waals surface area contributed by atoms with Gasteiger partial charge >= 0.3 is 6.09 Å². The van der Waals surface area contributed by atoms with Crippen molar-refractivity contribution in [2.45, 2.75) is 45.8 Å². The van der Waals surface area contributed by atoms with Crippen LogP contribution in [0.15, 0.2) is 42.7 Å². The fourth-order valence-electron chi connectivity index (χ4n) is 4.46. The molecule has 0 radical (unpaired) electrons. The summed E-state index contributed by atoms with van der Waals surface area (Å²) in [6.45, 7) is 10.8. The lowest BCUT2D eigenvalue weighted by molar-refractivity contribution is 0.0229. The number of aryl methyl sites for hydroxylation is 1. The molecule has 0 saturated carbocycles. The Hall–Kier alpha value is -3.20. The van der Waals surface area contributed by atoms with Crippen molar-refractivity contribution >= 4 is 29.3 Å². The Bertz CT molecular complexity index is 1320. The number of aliphatic hydroxyl groups is 1. The number of pyridine rings is 1. The number of imidazole rings is 1. The number of nitrogens with zero attached hydrogens (tertiary/aromatic N) is 4. The molecule has 8 nitrogen and oxygen atoms in total. The highest BCUT2D eigenvalue weighted by atomic mass is 35.5. The van der Waals surface area contributed by atoms with Gasteiger partial charge in [0.05, 0.1) is 17.6 Å². The molecule has 5 rings (SSSR count). The molecule has 202 valence electrons. The van der Waals surface area contributed by atoms with E-state index in [1.165, 1.54) is 0 Å². The molecule has 2 aromatic heterocycles. The summed E-state index contributed by atoms with van der Waals surface area (Å²) in [6.07, 6.45) is 5.24. The quantitative estimate of drug-likeness (QED) is 0.488. The van der Waals surface area contributed by atoms with E-state index in [1.807, 2.05) is 75.7 Å². The predicted octanol–water partition coefficient (Wildman–Crippen LogP) is 4.78. The summed E-state index contributed by atoms with van der Waals surface area (Å²) >= 11 is 6.25. The number of hydrogen-bond acceptors (Lipinski definition) is 6. The molecule has 1 aliphatic heterocycles. The molecular formula is C29H36ClN5O3. The number of rotatable bonds is 2. The Morgan fingerprint density at radius 3 is 2.58 bits per heavy atom. The molecule has 3 heterocycles. The van der Waals surface area contributed by atoms with Crippen LogP contribution in [0.5, 0.6) is 0 Å². The number of aliphatic hydroxyl groups excluding tert-OH is 1. The Morgan fingerprint density at radius 1 is 1.18 bits per heavy atom. The molecule has 2 aliphatic rings. The second kappa shape index (κ2) is 11.7. The monoisotopic (exact) mass is 537 g/mol. The Morgan fingerprint density at radius 2 is 1.92 bits per heavy atom. The van der Waals surface area contributed by atoms with Crippen molar-refractivity contribution in [2.75, 3.05) is 26.2 Å². The van der Waals surface area contributed by atoms with Crippen molar-refractivity contribution in [3.05, 3.63) is 81.7 Å². The molecule has 1 aromatic carbocycles. The number of hydrogen-bond donors (Lipinski definition) is 2. The van der Waals surface area contributed by atoms with Crippen molar-refractivity contribution in [2.24, 2.45) is 7.05 Å². The van der Waals surface area contributed by atoms with Gasteiger partial charge in [-0.25, -0.2) is 9.78 Å². The Labute approximate surface area is 229 Å². The normalized spacial score (nSPS) is 15.8. The number of amides is 1. The first-order valence-corrected chi connectivity index (χ1v) is 13.2. The number of ether oxygens (including phenoxy) is 1. The van der Waals surface area contributed by atoms with E-state index in [9.17, 15) is 9.90 Å². The topological polar surface area (TPSA) is 92.5 Å². The van der Waals surface area contributed by atoms with E-state index in [4.69, 9.17) is 16.3 Å². The van der Waals surface area contributed by atoms with Crippen molar-refractivity contribution in [3.8, 4) is 0 Å². The van der Waals surface area contributed by atoms with Crippen LogP contribution in [-0.4, -0.2) is 62.4 Å². The smallest absolute Gasteiger partial charge is 0.410 e. The lowest BCUT2D eigenvalue weighted by atomic mass is 9.94. The van der Waals surface area contributed by atoms with Crippen LogP contribution in [0, 0.1) is 6.92 Å². The summed E-state index contributed by atoms with van der Waals surface area (Å²) in [5.41, 5.74) is 5.25. The zero-order valence-electron chi connectivity index (χ0n) is 22.7. The number of benzene rings is 1. The average Bonchev–Trinajstić information content (AvgIpc) is 3.12. The number of carbonyl (C=O) groups is 1. The fourth-order valence-corrected chi connectivity index (χ4v) is 4.63. The van der Waals surface area contributed by atoms with E-state index in [2.05, 4.69) is 15.3 Å². The third-order valence-electron chi connectivity index (χ3n) is 6.58. The molecular weight excluding hydrogens is 502 g/mol. The van der Waals surface area contributed by atoms with E-state index in [0.717, 1.165) is 65.7 Å². The Balaban J connectivity index is 0.000000219. The third kappa shape index (κ3) is 6.62. The van der Waals surface area contributed by atoms with Crippen LogP contribution in [0.3, 0.4) is 0 Å². The van der Waals surface area contributed by atoms with Crippen LogP contribution in [0.1, 0.15) is 60.8 Å². The number of fused-ring (bicyclic) bond motifs is 2. The van der Waals surface area contributed by atoms with Crippen molar-refractivity contribution in [3.63, 3.8) is 0 Å². The lowest BCUT2D eigenvalue weighted by Gasteiger charge is -2.30. The first-order chi connectivity index (χ1) is 18.0. The highest BCUT2D eigenvalue weighted by molar-refractivity contribution is 6.30. The second-order valence-electron chi connectivity index (χ2n) is 10.5.